The third-order valence-electron chi connectivity index (χ3n) is 5.86. The van der Waals surface area contributed by atoms with E-state index in [0.717, 1.165) is 16.6 Å². The molecule has 7 heteroatoms. The average Bonchev–Trinajstić information content (AvgIpc) is 2.82. The fraction of sp³-hybridized carbons (Fsp3) is 0.292. The molecule has 0 atom stereocenters. The van der Waals surface area contributed by atoms with E-state index in [-0.39, 0.29) is 17.6 Å². The van der Waals surface area contributed by atoms with Crippen molar-refractivity contribution < 1.29 is 19.1 Å². The van der Waals surface area contributed by atoms with E-state index in [2.05, 4.69) is 9.88 Å². The van der Waals surface area contributed by atoms with Gasteiger partial charge in [-0.05, 0) is 55.3 Å². The number of hydrogen-bond donors (Lipinski definition) is 1. The number of hydrogen-bond acceptors (Lipinski definition) is 6. The Labute approximate surface area is 180 Å². The Bertz CT molecular complexity index is 1120. The number of methoxy groups -OCH3 is 2. The number of carbonyl (C=O) groups excluding carboxylic acids is 2. The molecule has 1 fully saturated rings. The van der Waals surface area contributed by atoms with Crippen LogP contribution in [0.5, 0.6) is 11.5 Å². The molecule has 2 heterocycles. The quantitative estimate of drug-likeness (QED) is 0.617. The van der Waals surface area contributed by atoms with Crippen molar-refractivity contribution in [2.75, 3.05) is 32.2 Å². The Balaban J connectivity index is 1.81. The molecule has 7 nitrogen and oxygen atoms in total. The third kappa shape index (κ3) is 4.03. The van der Waals surface area contributed by atoms with Crippen LogP contribution in [0.15, 0.2) is 48.7 Å². The molecule has 0 bridgehead atoms. The lowest BCUT2D eigenvalue weighted by molar-refractivity contribution is -0.122. The number of anilines is 1. The smallest absolute Gasteiger partial charge is 0.220 e. The number of piperidine rings is 1. The second kappa shape index (κ2) is 8.63. The number of rotatable bonds is 6. The highest BCUT2D eigenvalue weighted by Gasteiger charge is 2.28. The Morgan fingerprint density at radius 1 is 1.00 bits per heavy atom. The summed E-state index contributed by atoms with van der Waals surface area (Å²) in [5.74, 6) is 0.852. The highest BCUT2D eigenvalue weighted by molar-refractivity contribution is 6.16. The summed E-state index contributed by atoms with van der Waals surface area (Å²) in [6, 6.07) is 12.7. The minimum Gasteiger partial charge on any atom is -0.497 e. The molecular weight excluding hydrogens is 394 g/mol. The highest BCUT2D eigenvalue weighted by Crippen LogP contribution is 2.36. The van der Waals surface area contributed by atoms with Crippen molar-refractivity contribution in [3.63, 3.8) is 0 Å². The Kier molecular flexibility index (Phi) is 5.75. The van der Waals surface area contributed by atoms with E-state index in [1.807, 2.05) is 18.2 Å². The molecule has 0 aliphatic carbocycles. The van der Waals surface area contributed by atoms with E-state index in [1.165, 1.54) is 0 Å². The first kappa shape index (κ1) is 20.7. The van der Waals surface area contributed by atoms with Crippen LogP contribution in [0.1, 0.15) is 28.8 Å². The van der Waals surface area contributed by atoms with Crippen LogP contribution in [-0.4, -0.2) is 44.0 Å². The molecule has 1 saturated heterocycles. The normalized spacial score (nSPS) is 14.5. The number of nitrogens with zero attached hydrogens (tertiary/aromatic N) is 2. The van der Waals surface area contributed by atoms with Gasteiger partial charge in [-0.1, -0.05) is 0 Å². The van der Waals surface area contributed by atoms with E-state index >= 15 is 0 Å². The van der Waals surface area contributed by atoms with Gasteiger partial charge in [-0.15, -0.1) is 0 Å². The molecule has 160 valence electrons. The maximum atomic E-state index is 13.5. The minimum absolute atomic E-state index is 0.119. The van der Waals surface area contributed by atoms with Gasteiger partial charge in [0.15, 0.2) is 5.78 Å². The summed E-state index contributed by atoms with van der Waals surface area (Å²) in [5, 5.41) is 0.844. The first-order valence-corrected chi connectivity index (χ1v) is 10.2. The number of carbonyl (C=O) groups is 2. The van der Waals surface area contributed by atoms with E-state index in [4.69, 9.17) is 15.2 Å². The van der Waals surface area contributed by atoms with Crippen LogP contribution < -0.4 is 20.1 Å². The van der Waals surface area contributed by atoms with Gasteiger partial charge in [0.25, 0.3) is 0 Å². The number of primary amides is 1. The summed E-state index contributed by atoms with van der Waals surface area (Å²) in [6.45, 7) is 1.26. The average molecular weight is 419 g/mol. The molecule has 0 spiro atoms. The molecule has 1 aliphatic rings. The van der Waals surface area contributed by atoms with Gasteiger partial charge < -0.3 is 20.1 Å². The van der Waals surface area contributed by atoms with Crippen molar-refractivity contribution in [1.82, 2.24) is 4.98 Å². The largest absolute Gasteiger partial charge is 0.497 e. The van der Waals surface area contributed by atoms with Crippen LogP contribution >= 0.6 is 0 Å². The number of aromatic nitrogens is 1. The Hall–Kier alpha value is -3.61. The molecule has 1 amide bonds. The van der Waals surface area contributed by atoms with Crippen molar-refractivity contribution in [2.45, 2.75) is 12.8 Å². The summed E-state index contributed by atoms with van der Waals surface area (Å²) >= 11 is 0. The summed E-state index contributed by atoms with van der Waals surface area (Å²) in [5.41, 5.74) is 8.17. The van der Waals surface area contributed by atoms with Crippen molar-refractivity contribution in [3.8, 4) is 11.5 Å². The van der Waals surface area contributed by atoms with Gasteiger partial charge in [-0.3, -0.25) is 14.6 Å². The van der Waals surface area contributed by atoms with Gasteiger partial charge in [0.1, 0.15) is 11.5 Å². The summed E-state index contributed by atoms with van der Waals surface area (Å²) in [4.78, 5) is 31.8. The Morgan fingerprint density at radius 3 is 2.26 bits per heavy atom. The summed E-state index contributed by atoms with van der Waals surface area (Å²) in [7, 11) is 3.20. The van der Waals surface area contributed by atoms with Crippen LogP contribution in [0.2, 0.25) is 0 Å². The van der Waals surface area contributed by atoms with Crippen LogP contribution in [0.4, 0.5) is 5.69 Å². The lowest BCUT2D eigenvalue weighted by Gasteiger charge is -2.34. The molecule has 1 aromatic heterocycles. The molecule has 2 N–H and O–H groups in total. The number of fused-ring (bicyclic) bond motifs is 1. The van der Waals surface area contributed by atoms with Gasteiger partial charge in [-0.2, -0.15) is 0 Å². The molecule has 1 aliphatic heterocycles. The van der Waals surface area contributed by atoms with Crippen LogP contribution in [-0.2, 0) is 4.79 Å². The van der Waals surface area contributed by atoms with Crippen LogP contribution in [0, 0.1) is 5.92 Å². The molecule has 0 saturated carbocycles. The number of nitrogens with two attached hydrogens (primary N) is 1. The molecule has 31 heavy (non-hydrogen) atoms. The number of ether oxygens (including phenoxy) is 2. The van der Waals surface area contributed by atoms with Crippen LogP contribution in [0.25, 0.3) is 10.9 Å². The first-order chi connectivity index (χ1) is 15.0. The number of ketones is 1. The molecular formula is C24H25N3O4. The van der Waals surface area contributed by atoms with Crippen molar-refractivity contribution >= 4 is 28.3 Å². The molecule has 0 unspecified atom stereocenters. The minimum atomic E-state index is -0.268. The molecule has 2 aromatic carbocycles. The fourth-order valence-corrected chi connectivity index (χ4v) is 4.08. The second-order valence-electron chi connectivity index (χ2n) is 7.62. The maximum absolute atomic E-state index is 13.5. The lowest BCUT2D eigenvalue weighted by Crippen LogP contribution is -2.39. The molecule has 0 radical (unpaired) electrons. The topological polar surface area (TPSA) is 94.8 Å². The Morgan fingerprint density at radius 2 is 1.65 bits per heavy atom. The zero-order valence-corrected chi connectivity index (χ0v) is 17.6. The first-order valence-electron chi connectivity index (χ1n) is 10.2. The summed E-state index contributed by atoms with van der Waals surface area (Å²) < 4.78 is 10.6. The predicted octanol–water partition coefficient (Wildman–Crippen LogP) is 3.18. The van der Waals surface area contributed by atoms with E-state index < -0.39 is 0 Å². The van der Waals surface area contributed by atoms with E-state index in [1.54, 1.807) is 44.7 Å². The van der Waals surface area contributed by atoms with Crippen molar-refractivity contribution in [3.05, 3.63) is 59.8 Å². The monoisotopic (exact) mass is 419 g/mol. The lowest BCUT2D eigenvalue weighted by atomic mass is 9.93. The second-order valence-corrected chi connectivity index (χ2v) is 7.62. The zero-order chi connectivity index (χ0) is 22.0. The van der Waals surface area contributed by atoms with Gasteiger partial charge in [0, 0.05) is 36.2 Å². The van der Waals surface area contributed by atoms with Crippen molar-refractivity contribution in [1.29, 1.82) is 0 Å². The van der Waals surface area contributed by atoms with E-state index in [0.29, 0.717) is 48.6 Å². The number of amides is 1. The number of benzene rings is 2. The van der Waals surface area contributed by atoms with Gasteiger partial charge in [-0.25, -0.2) is 0 Å². The standard InChI is InChI=1S/C24H25N3O4/c1-30-17-5-3-15(4-6-17)23(28)20-14-26-21-8-7-18(31-2)13-19(21)22(20)27-11-9-16(10-12-27)24(25)29/h3-8,13-14,16H,9-12H2,1-2H3,(H2,25,29). The molecule has 3 aromatic rings. The van der Waals surface area contributed by atoms with Crippen LogP contribution in [0.3, 0.4) is 0 Å². The SMILES string of the molecule is COc1ccc(C(=O)c2cnc3ccc(OC)cc3c2N2CCC(C(N)=O)CC2)cc1. The van der Waals surface area contributed by atoms with Gasteiger partial charge in [0.05, 0.1) is 31.0 Å². The predicted molar refractivity (Wildman–Crippen MR) is 119 cm³/mol. The van der Waals surface area contributed by atoms with Gasteiger partial charge in [0.2, 0.25) is 5.91 Å². The maximum Gasteiger partial charge on any atom is 0.220 e. The van der Waals surface area contributed by atoms with Gasteiger partial charge >= 0.3 is 0 Å². The number of pyridine rings is 1. The zero-order valence-electron chi connectivity index (χ0n) is 17.6. The fourth-order valence-electron chi connectivity index (χ4n) is 4.08. The highest BCUT2D eigenvalue weighted by atomic mass is 16.5. The van der Waals surface area contributed by atoms with Crippen molar-refractivity contribution in [2.24, 2.45) is 11.7 Å². The molecule has 4 rings (SSSR count). The van der Waals surface area contributed by atoms with E-state index in [9.17, 15) is 9.59 Å². The third-order valence-corrected chi connectivity index (χ3v) is 5.86. The summed E-state index contributed by atoms with van der Waals surface area (Å²) in [6.07, 6.45) is 2.94.